The van der Waals surface area contributed by atoms with Crippen molar-refractivity contribution >= 4 is 23.2 Å². The van der Waals surface area contributed by atoms with Crippen molar-refractivity contribution < 1.29 is 14.5 Å². The molecule has 2 amide bonds. The molecule has 2 aliphatic rings. The smallest absolute Gasteiger partial charge is 0.282 e. The molecule has 2 heterocycles. The number of para-hydroxylation sites is 2. The van der Waals surface area contributed by atoms with Gasteiger partial charge in [0.05, 0.1) is 24.5 Å². The van der Waals surface area contributed by atoms with Gasteiger partial charge < -0.3 is 10.2 Å². The van der Waals surface area contributed by atoms with Crippen LogP contribution in [0, 0.1) is 0 Å². The van der Waals surface area contributed by atoms with Crippen molar-refractivity contribution in [1.82, 2.24) is 0 Å². The van der Waals surface area contributed by atoms with Crippen LogP contribution in [-0.4, -0.2) is 38.0 Å². The van der Waals surface area contributed by atoms with Gasteiger partial charge in [0, 0.05) is 0 Å². The number of nitrogens with one attached hydrogen (secondary N) is 2. The van der Waals surface area contributed by atoms with Crippen molar-refractivity contribution in [3.8, 4) is 0 Å². The number of hydrogen-bond donors (Lipinski definition) is 2. The van der Waals surface area contributed by atoms with E-state index in [9.17, 15) is 9.59 Å². The van der Waals surface area contributed by atoms with Crippen LogP contribution in [0.25, 0.3) is 0 Å². The van der Waals surface area contributed by atoms with Crippen molar-refractivity contribution in [1.29, 1.82) is 0 Å². The van der Waals surface area contributed by atoms with E-state index in [0.717, 1.165) is 24.5 Å². The summed E-state index contributed by atoms with van der Waals surface area (Å²) >= 11 is 0. The molecule has 1 aromatic rings. The van der Waals surface area contributed by atoms with Crippen molar-refractivity contribution in [2.75, 3.05) is 36.4 Å². The standard InChI is InChI=1S/C17H23N3O2/c21-16-12-20(15-9-5-4-8-14(15)18-16)17(22)13-19-10-6-2-1-3-7-11-19/h4-5,8-9H,1-3,6-7,10-13H2,(H,18,21)/p+1. The third kappa shape index (κ3) is 3.47. The van der Waals surface area contributed by atoms with E-state index < -0.39 is 0 Å². The molecule has 3 rings (SSSR count). The predicted molar refractivity (Wildman–Crippen MR) is 86.1 cm³/mol. The molecule has 0 radical (unpaired) electrons. The monoisotopic (exact) mass is 302 g/mol. The number of hydrogen-bond acceptors (Lipinski definition) is 2. The summed E-state index contributed by atoms with van der Waals surface area (Å²) < 4.78 is 0. The molecule has 22 heavy (non-hydrogen) atoms. The molecule has 1 saturated heterocycles. The van der Waals surface area contributed by atoms with Crippen LogP contribution >= 0.6 is 0 Å². The molecule has 0 spiro atoms. The van der Waals surface area contributed by atoms with Crippen LogP contribution < -0.4 is 15.1 Å². The van der Waals surface area contributed by atoms with Crippen LogP contribution in [0.2, 0.25) is 0 Å². The van der Waals surface area contributed by atoms with Gasteiger partial charge in [0.2, 0.25) is 5.91 Å². The van der Waals surface area contributed by atoms with Crippen LogP contribution in [0.4, 0.5) is 11.4 Å². The molecular formula is C17H24N3O2+. The minimum atomic E-state index is -0.116. The van der Waals surface area contributed by atoms with Gasteiger partial charge in [0.15, 0.2) is 6.54 Å². The Morgan fingerprint density at radius 3 is 2.55 bits per heavy atom. The molecule has 5 heteroatoms. The van der Waals surface area contributed by atoms with E-state index in [1.165, 1.54) is 37.0 Å². The summed E-state index contributed by atoms with van der Waals surface area (Å²) in [5, 5.41) is 2.83. The first kappa shape index (κ1) is 15.0. The van der Waals surface area contributed by atoms with E-state index in [0.29, 0.717) is 6.54 Å². The number of quaternary nitrogens is 1. The molecule has 0 aromatic heterocycles. The molecule has 5 nitrogen and oxygen atoms in total. The predicted octanol–water partition coefficient (Wildman–Crippen LogP) is 0.821. The van der Waals surface area contributed by atoms with E-state index in [1.54, 1.807) is 4.90 Å². The lowest BCUT2D eigenvalue weighted by atomic mass is 10.1. The maximum Gasteiger partial charge on any atom is 0.282 e. The van der Waals surface area contributed by atoms with Gasteiger partial charge in [0.25, 0.3) is 5.91 Å². The zero-order chi connectivity index (χ0) is 15.4. The first-order chi connectivity index (χ1) is 10.7. The lowest BCUT2D eigenvalue weighted by Crippen LogP contribution is -3.13. The maximum absolute atomic E-state index is 12.7. The third-order valence-electron chi connectivity index (χ3n) is 4.53. The maximum atomic E-state index is 12.7. The van der Waals surface area contributed by atoms with Crippen LogP contribution in [0.15, 0.2) is 24.3 Å². The Hall–Kier alpha value is -1.88. The van der Waals surface area contributed by atoms with Gasteiger partial charge >= 0.3 is 0 Å². The molecule has 0 unspecified atom stereocenters. The Morgan fingerprint density at radius 2 is 1.77 bits per heavy atom. The number of nitrogens with zero attached hydrogens (tertiary/aromatic N) is 1. The highest BCUT2D eigenvalue weighted by Crippen LogP contribution is 2.28. The lowest BCUT2D eigenvalue weighted by molar-refractivity contribution is -0.892. The van der Waals surface area contributed by atoms with Crippen molar-refractivity contribution in [2.45, 2.75) is 32.1 Å². The van der Waals surface area contributed by atoms with E-state index in [1.807, 2.05) is 24.3 Å². The van der Waals surface area contributed by atoms with Gasteiger partial charge in [-0.15, -0.1) is 0 Å². The highest BCUT2D eigenvalue weighted by atomic mass is 16.2. The molecule has 0 aliphatic carbocycles. The Balaban J connectivity index is 1.70. The number of fused-ring (bicyclic) bond motifs is 1. The summed E-state index contributed by atoms with van der Waals surface area (Å²) in [5.74, 6) is -0.0624. The Morgan fingerprint density at radius 1 is 1.09 bits per heavy atom. The van der Waals surface area contributed by atoms with E-state index in [4.69, 9.17) is 0 Å². The fourth-order valence-corrected chi connectivity index (χ4v) is 3.35. The number of anilines is 2. The average Bonchev–Trinajstić information content (AvgIpc) is 2.48. The second kappa shape index (κ2) is 6.92. The summed E-state index contributed by atoms with van der Waals surface area (Å²) in [6.45, 7) is 2.74. The molecule has 0 bridgehead atoms. The Bertz CT molecular complexity index is 551. The molecule has 118 valence electrons. The zero-order valence-corrected chi connectivity index (χ0v) is 12.9. The van der Waals surface area contributed by atoms with E-state index in [-0.39, 0.29) is 18.4 Å². The summed E-state index contributed by atoms with van der Waals surface area (Å²) in [7, 11) is 0. The normalized spacial score (nSPS) is 19.8. The summed E-state index contributed by atoms with van der Waals surface area (Å²) in [6, 6.07) is 7.52. The highest BCUT2D eigenvalue weighted by molar-refractivity contribution is 6.10. The lowest BCUT2D eigenvalue weighted by Gasteiger charge is -2.30. The van der Waals surface area contributed by atoms with Crippen molar-refractivity contribution in [2.24, 2.45) is 0 Å². The molecular weight excluding hydrogens is 278 g/mol. The highest BCUT2D eigenvalue weighted by Gasteiger charge is 2.29. The second-order valence-electron chi connectivity index (χ2n) is 6.24. The summed E-state index contributed by atoms with van der Waals surface area (Å²) in [4.78, 5) is 27.5. The Labute approximate surface area is 131 Å². The van der Waals surface area contributed by atoms with E-state index in [2.05, 4.69) is 5.32 Å². The zero-order valence-electron chi connectivity index (χ0n) is 12.9. The van der Waals surface area contributed by atoms with Gasteiger partial charge in [0.1, 0.15) is 6.54 Å². The Kier molecular flexibility index (Phi) is 4.73. The number of likely N-dealkylation sites (tertiary alicyclic amines) is 1. The van der Waals surface area contributed by atoms with Crippen molar-refractivity contribution in [3.63, 3.8) is 0 Å². The van der Waals surface area contributed by atoms with Crippen LogP contribution in [-0.2, 0) is 9.59 Å². The van der Waals surface area contributed by atoms with Crippen LogP contribution in [0.5, 0.6) is 0 Å². The fraction of sp³-hybridized carbons (Fsp3) is 0.529. The minimum Gasteiger partial charge on any atom is -0.327 e. The number of rotatable bonds is 2. The largest absolute Gasteiger partial charge is 0.327 e. The summed E-state index contributed by atoms with van der Waals surface area (Å²) in [5.41, 5.74) is 1.55. The SMILES string of the molecule is O=C1CN(C(=O)C[NH+]2CCCCCCC2)c2ccccc2N1. The van der Waals surface area contributed by atoms with Gasteiger partial charge in [-0.2, -0.15) is 0 Å². The van der Waals surface area contributed by atoms with Gasteiger partial charge in [-0.25, -0.2) is 0 Å². The van der Waals surface area contributed by atoms with Gasteiger partial charge in [-0.3, -0.25) is 14.5 Å². The fourth-order valence-electron chi connectivity index (χ4n) is 3.35. The van der Waals surface area contributed by atoms with Gasteiger partial charge in [-0.05, 0) is 37.8 Å². The molecule has 1 fully saturated rings. The molecule has 2 aliphatic heterocycles. The quantitative estimate of drug-likeness (QED) is 0.850. The number of amides is 2. The van der Waals surface area contributed by atoms with Gasteiger partial charge in [-0.1, -0.05) is 18.6 Å². The third-order valence-corrected chi connectivity index (χ3v) is 4.53. The molecule has 0 saturated carbocycles. The number of benzene rings is 1. The molecule has 2 N–H and O–H groups in total. The first-order valence-corrected chi connectivity index (χ1v) is 8.27. The van der Waals surface area contributed by atoms with Crippen LogP contribution in [0.1, 0.15) is 32.1 Å². The number of carbonyl (C=O) groups is 2. The van der Waals surface area contributed by atoms with Crippen LogP contribution in [0.3, 0.4) is 0 Å². The topological polar surface area (TPSA) is 53.9 Å². The molecule has 0 atom stereocenters. The summed E-state index contributed by atoms with van der Waals surface area (Å²) in [6.07, 6.45) is 6.25. The number of carbonyl (C=O) groups excluding carboxylic acids is 2. The average molecular weight is 302 g/mol. The first-order valence-electron chi connectivity index (χ1n) is 8.27. The molecule has 1 aromatic carbocycles. The van der Waals surface area contributed by atoms with E-state index >= 15 is 0 Å². The minimum absolute atomic E-state index is 0.0536. The second-order valence-corrected chi connectivity index (χ2v) is 6.24. The van der Waals surface area contributed by atoms with Crippen molar-refractivity contribution in [3.05, 3.63) is 24.3 Å².